The lowest BCUT2D eigenvalue weighted by molar-refractivity contribution is -0.127. The maximum atomic E-state index is 13.1. The van der Waals surface area contributed by atoms with Gasteiger partial charge in [0, 0.05) is 4.90 Å². The molecule has 0 fully saturated rings. The van der Waals surface area contributed by atoms with Crippen LogP contribution in [0.1, 0.15) is 5.56 Å². The van der Waals surface area contributed by atoms with Crippen LogP contribution in [0, 0.1) is 5.82 Å². The zero-order valence-corrected chi connectivity index (χ0v) is 8.18. The van der Waals surface area contributed by atoms with Crippen LogP contribution in [0.25, 0.3) is 0 Å². The second-order valence-corrected chi connectivity index (χ2v) is 3.63. The second kappa shape index (κ2) is 4.21. The number of rotatable bonds is 2. The van der Waals surface area contributed by atoms with Gasteiger partial charge in [0.1, 0.15) is 5.82 Å². The summed E-state index contributed by atoms with van der Waals surface area (Å²) in [6, 6.07) is 3.77. The Kier molecular flexibility index (Phi) is 3.42. The fourth-order valence-electron chi connectivity index (χ4n) is 1.01. The van der Waals surface area contributed by atoms with E-state index in [9.17, 15) is 17.6 Å². The molecule has 1 aromatic carbocycles. The van der Waals surface area contributed by atoms with Crippen LogP contribution in [0.2, 0.25) is 0 Å². The minimum absolute atomic E-state index is 0.310. The monoisotopic (exact) mass is 224 g/mol. The predicted octanol–water partition coefficient (Wildman–Crippen LogP) is 3.65. The van der Waals surface area contributed by atoms with Crippen molar-refractivity contribution in [3.8, 4) is 0 Å². The lowest BCUT2D eigenvalue weighted by Gasteiger charge is -2.07. The standard InChI is InChI=1S/C9H8F4S/c1-14-7-3-2-6(8(10)4-7)5-9(11,12)13/h2-4H,5H2,1H3. The Hall–Kier alpha value is -0.710. The summed E-state index contributed by atoms with van der Waals surface area (Å²) in [5.74, 6) is -0.797. The summed E-state index contributed by atoms with van der Waals surface area (Å²) in [6.07, 6.45) is -3.84. The van der Waals surface area contributed by atoms with Crippen LogP contribution in [-0.4, -0.2) is 12.4 Å². The second-order valence-electron chi connectivity index (χ2n) is 2.75. The Morgan fingerprint density at radius 3 is 2.36 bits per heavy atom. The van der Waals surface area contributed by atoms with Crippen LogP contribution in [0.15, 0.2) is 23.1 Å². The summed E-state index contributed by atoms with van der Waals surface area (Å²) in [5.41, 5.74) is -0.310. The van der Waals surface area contributed by atoms with E-state index in [-0.39, 0.29) is 5.56 Å². The molecule has 0 heterocycles. The van der Waals surface area contributed by atoms with Crippen LogP contribution in [-0.2, 0) is 6.42 Å². The third-order valence-electron chi connectivity index (χ3n) is 1.65. The maximum Gasteiger partial charge on any atom is 0.393 e. The zero-order valence-electron chi connectivity index (χ0n) is 7.36. The van der Waals surface area contributed by atoms with E-state index < -0.39 is 18.4 Å². The van der Waals surface area contributed by atoms with Gasteiger partial charge in [0.05, 0.1) is 6.42 Å². The third-order valence-corrected chi connectivity index (χ3v) is 2.38. The number of benzene rings is 1. The van der Waals surface area contributed by atoms with Crippen molar-refractivity contribution >= 4 is 11.8 Å². The van der Waals surface area contributed by atoms with Crippen molar-refractivity contribution in [1.29, 1.82) is 0 Å². The van der Waals surface area contributed by atoms with Crippen LogP contribution < -0.4 is 0 Å². The van der Waals surface area contributed by atoms with Gasteiger partial charge in [-0.3, -0.25) is 0 Å². The van der Waals surface area contributed by atoms with Gasteiger partial charge >= 0.3 is 6.18 Å². The molecule has 0 atom stereocenters. The summed E-state index contributed by atoms with van der Waals surface area (Å²) in [6.45, 7) is 0. The summed E-state index contributed by atoms with van der Waals surface area (Å²) < 4.78 is 48.8. The normalized spacial score (nSPS) is 11.8. The lowest BCUT2D eigenvalue weighted by atomic mass is 10.1. The molecular formula is C9H8F4S. The zero-order chi connectivity index (χ0) is 10.8. The average Bonchev–Trinajstić information content (AvgIpc) is 2.06. The smallest absolute Gasteiger partial charge is 0.207 e. The largest absolute Gasteiger partial charge is 0.393 e. The molecule has 0 bridgehead atoms. The van der Waals surface area contributed by atoms with Gasteiger partial charge in [0.25, 0.3) is 0 Å². The molecule has 0 spiro atoms. The summed E-state index contributed by atoms with van der Waals surface area (Å²) in [4.78, 5) is 0.619. The minimum atomic E-state index is -4.36. The number of thioether (sulfide) groups is 1. The molecule has 0 saturated heterocycles. The van der Waals surface area contributed by atoms with Gasteiger partial charge in [-0.25, -0.2) is 4.39 Å². The molecule has 0 radical (unpaired) electrons. The van der Waals surface area contributed by atoms with E-state index in [4.69, 9.17) is 0 Å². The topological polar surface area (TPSA) is 0 Å². The average molecular weight is 224 g/mol. The molecule has 1 aromatic rings. The molecule has 0 nitrogen and oxygen atoms in total. The van der Waals surface area contributed by atoms with Crippen molar-refractivity contribution < 1.29 is 17.6 Å². The highest BCUT2D eigenvalue weighted by Gasteiger charge is 2.28. The minimum Gasteiger partial charge on any atom is -0.207 e. The Balaban J connectivity index is 2.89. The van der Waals surface area contributed by atoms with Gasteiger partial charge in [-0.05, 0) is 24.0 Å². The third kappa shape index (κ3) is 3.21. The first kappa shape index (κ1) is 11.4. The van der Waals surface area contributed by atoms with Crippen LogP contribution >= 0.6 is 11.8 Å². The first-order valence-corrected chi connectivity index (χ1v) is 5.04. The molecule has 1 rings (SSSR count). The predicted molar refractivity (Wildman–Crippen MR) is 47.9 cm³/mol. The fourth-order valence-corrected chi connectivity index (χ4v) is 1.44. The number of hydrogen-bond donors (Lipinski definition) is 0. The molecular weight excluding hydrogens is 216 g/mol. The molecule has 0 N–H and O–H groups in total. The first-order valence-electron chi connectivity index (χ1n) is 3.81. The van der Waals surface area contributed by atoms with Crippen molar-refractivity contribution in [2.75, 3.05) is 6.26 Å². The van der Waals surface area contributed by atoms with Gasteiger partial charge in [-0.1, -0.05) is 6.07 Å². The van der Waals surface area contributed by atoms with Gasteiger partial charge < -0.3 is 0 Å². The quantitative estimate of drug-likeness (QED) is 0.545. The van der Waals surface area contributed by atoms with Crippen LogP contribution in [0.5, 0.6) is 0 Å². The molecule has 5 heteroatoms. The highest BCUT2D eigenvalue weighted by Crippen LogP contribution is 2.25. The van der Waals surface area contributed by atoms with Gasteiger partial charge in [-0.15, -0.1) is 11.8 Å². The van der Waals surface area contributed by atoms with E-state index in [1.807, 2.05) is 0 Å². The highest BCUT2D eigenvalue weighted by atomic mass is 32.2. The molecule has 0 saturated carbocycles. The fraction of sp³-hybridized carbons (Fsp3) is 0.333. The van der Waals surface area contributed by atoms with E-state index in [0.29, 0.717) is 4.90 Å². The molecule has 0 aliphatic rings. The van der Waals surface area contributed by atoms with Crippen LogP contribution in [0.3, 0.4) is 0 Å². The van der Waals surface area contributed by atoms with Crippen LogP contribution in [0.4, 0.5) is 17.6 Å². The summed E-state index contributed by atoms with van der Waals surface area (Å²) in [5, 5.41) is 0. The maximum absolute atomic E-state index is 13.1. The molecule has 0 aliphatic heterocycles. The van der Waals surface area contributed by atoms with Crippen molar-refractivity contribution in [2.45, 2.75) is 17.5 Å². The molecule has 14 heavy (non-hydrogen) atoms. The number of hydrogen-bond acceptors (Lipinski definition) is 1. The SMILES string of the molecule is CSc1ccc(CC(F)(F)F)c(F)c1. The Morgan fingerprint density at radius 1 is 1.29 bits per heavy atom. The molecule has 0 amide bonds. The summed E-state index contributed by atoms with van der Waals surface area (Å²) in [7, 11) is 0. The van der Waals surface area contributed by atoms with Crippen molar-refractivity contribution in [3.63, 3.8) is 0 Å². The van der Waals surface area contributed by atoms with E-state index in [1.54, 1.807) is 6.26 Å². The molecule has 78 valence electrons. The van der Waals surface area contributed by atoms with Crippen molar-refractivity contribution in [2.24, 2.45) is 0 Å². The van der Waals surface area contributed by atoms with E-state index >= 15 is 0 Å². The lowest BCUT2D eigenvalue weighted by Crippen LogP contribution is -2.12. The Bertz CT molecular complexity index is 319. The summed E-state index contributed by atoms with van der Waals surface area (Å²) >= 11 is 1.29. The first-order chi connectivity index (χ1) is 6.42. The molecule has 0 aromatic heterocycles. The molecule has 0 aliphatic carbocycles. The van der Waals surface area contributed by atoms with E-state index in [1.165, 1.54) is 23.9 Å². The Labute approximate surface area is 83.3 Å². The number of alkyl halides is 3. The number of halogens is 4. The van der Waals surface area contributed by atoms with Gasteiger partial charge in [0.15, 0.2) is 0 Å². The molecule has 0 unspecified atom stereocenters. The van der Waals surface area contributed by atoms with Crippen molar-refractivity contribution in [1.82, 2.24) is 0 Å². The van der Waals surface area contributed by atoms with E-state index in [2.05, 4.69) is 0 Å². The Morgan fingerprint density at radius 2 is 1.93 bits per heavy atom. The van der Waals surface area contributed by atoms with Gasteiger partial charge in [-0.2, -0.15) is 13.2 Å². The van der Waals surface area contributed by atoms with E-state index in [0.717, 1.165) is 6.07 Å². The highest BCUT2D eigenvalue weighted by molar-refractivity contribution is 7.98. The van der Waals surface area contributed by atoms with Crippen molar-refractivity contribution in [3.05, 3.63) is 29.6 Å². The van der Waals surface area contributed by atoms with Gasteiger partial charge in [0.2, 0.25) is 0 Å².